The molecule has 0 fully saturated rings. The summed E-state index contributed by atoms with van der Waals surface area (Å²) in [4.78, 5) is 0. The van der Waals surface area contributed by atoms with Crippen LogP contribution >= 0.6 is 0 Å². The van der Waals surface area contributed by atoms with Crippen LogP contribution in [0.2, 0.25) is 0 Å². The highest BCUT2D eigenvalue weighted by Gasteiger charge is 2.26. The lowest BCUT2D eigenvalue weighted by Crippen LogP contribution is -2.03. The standard InChI is InChI=1S/C17H13NO2/c1-11-6-2-3-7-12(11)17-16-13-8-4-5-9-14(13)19-10-15(16)20-18-17/h2-9H,10H2,1H3. The number of nitrogens with zero attached hydrogens (tertiary/aromatic N) is 1. The van der Waals surface area contributed by atoms with E-state index in [2.05, 4.69) is 24.2 Å². The maximum Gasteiger partial charge on any atom is 0.182 e. The Morgan fingerprint density at radius 1 is 0.950 bits per heavy atom. The zero-order valence-corrected chi connectivity index (χ0v) is 11.1. The van der Waals surface area contributed by atoms with Crippen molar-refractivity contribution in [3.05, 3.63) is 59.9 Å². The van der Waals surface area contributed by atoms with E-state index < -0.39 is 0 Å². The van der Waals surface area contributed by atoms with E-state index in [0.717, 1.165) is 33.9 Å². The number of hydrogen-bond donors (Lipinski definition) is 0. The number of ether oxygens (including phenoxy) is 1. The lowest BCUT2D eigenvalue weighted by molar-refractivity contribution is 0.246. The first-order valence-electron chi connectivity index (χ1n) is 6.61. The molecule has 0 saturated carbocycles. The molecule has 0 amide bonds. The van der Waals surface area contributed by atoms with Crippen molar-refractivity contribution < 1.29 is 9.26 Å². The molecule has 3 aromatic rings. The molecule has 0 aliphatic carbocycles. The topological polar surface area (TPSA) is 35.3 Å². The second-order valence-electron chi connectivity index (χ2n) is 4.93. The first-order chi connectivity index (χ1) is 9.84. The molecule has 3 nitrogen and oxygen atoms in total. The van der Waals surface area contributed by atoms with Crippen LogP contribution < -0.4 is 4.74 Å². The summed E-state index contributed by atoms with van der Waals surface area (Å²) in [6, 6.07) is 16.2. The molecule has 98 valence electrons. The van der Waals surface area contributed by atoms with E-state index in [0.29, 0.717) is 6.61 Å². The largest absolute Gasteiger partial charge is 0.485 e. The van der Waals surface area contributed by atoms with Gasteiger partial charge in [-0.1, -0.05) is 47.6 Å². The lowest BCUT2D eigenvalue weighted by atomic mass is 9.95. The summed E-state index contributed by atoms with van der Waals surface area (Å²) in [5.41, 5.74) is 5.30. The summed E-state index contributed by atoms with van der Waals surface area (Å²) >= 11 is 0. The van der Waals surface area contributed by atoms with E-state index in [1.54, 1.807) is 0 Å². The van der Waals surface area contributed by atoms with Gasteiger partial charge in [-0.3, -0.25) is 0 Å². The van der Waals surface area contributed by atoms with Crippen molar-refractivity contribution in [2.75, 3.05) is 0 Å². The first kappa shape index (κ1) is 11.3. The Hall–Kier alpha value is -2.55. The third kappa shape index (κ3) is 1.56. The highest BCUT2D eigenvalue weighted by atomic mass is 16.5. The van der Waals surface area contributed by atoms with E-state index in [-0.39, 0.29) is 0 Å². The number of fused-ring (bicyclic) bond motifs is 3. The minimum Gasteiger partial charge on any atom is -0.485 e. The van der Waals surface area contributed by atoms with Gasteiger partial charge < -0.3 is 9.26 Å². The zero-order valence-electron chi connectivity index (χ0n) is 11.1. The van der Waals surface area contributed by atoms with Gasteiger partial charge in [0, 0.05) is 11.1 Å². The molecule has 4 rings (SSSR count). The molecule has 1 aromatic heterocycles. The van der Waals surface area contributed by atoms with Crippen LogP contribution in [0.5, 0.6) is 5.75 Å². The fraction of sp³-hybridized carbons (Fsp3) is 0.118. The van der Waals surface area contributed by atoms with Crippen molar-refractivity contribution >= 4 is 0 Å². The van der Waals surface area contributed by atoms with E-state index in [1.807, 2.05) is 36.4 Å². The van der Waals surface area contributed by atoms with Gasteiger partial charge in [0.05, 0.1) is 5.56 Å². The summed E-state index contributed by atoms with van der Waals surface area (Å²) < 4.78 is 11.2. The third-order valence-electron chi connectivity index (χ3n) is 3.68. The lowest BCUT2D eigenvalue weighted by Gasteiger charge is -2.16. The Balaban J connectivity index is 1.99. The molecule has 2 heterocycles. The van der Waals surface area contributed by atoms with Gasteiger partial charge in [-0.15, -0.1) is 0 Å². The number of aromatic nitrogens is 1. The predicted molar refractivity (Wildman–Crippen MR) is 76.4 cm³/mol. The molecule has 0 unspecified atom stereocenters. The average molecular weight is 263 g/mol. The highest BCUT2D eigenvalue weighted by molar-refractivity contribution is 5.86. The van der Waals surface area contributed by atoms with Crippen molar-refractivity contribution in [3.63, 3.8) is 0 Å². The molecule has 0 radical (unpaired) electrons. The Morgan fingerprint density at radius 3 is 2.55 bits per heavy atom. The summed E-state index contributed by atoms with van der Waals surface area (Å²) in [5, 5.41) is 4.27. The van der Waals surface area contributed by atoms with Crippen LogP contribution in [0.15, 0.2) is 53.1 Å². The molecule has 2 aromatic carbocycles. The Bertz CT molecular complexity index is 789. The normalized spacial score (nSPS) is 12.4. The summed E-state index contributed by atoms with van der Waals surface area (Å²) in [5.74, 6) is 1.68. The molecule has 0 saturated heterocycles. The number of rotatable bonds is 1. The van der Waals surface area contributed by atoms with Gasteiger partial charge in [-0.05, 0) is 18.6 Å². The number of para-hydroxylation sites is 1. The molecule has 1 aliphatic heterocycles. The van der Waals surface area contributed by atoms with Crippen LogP contribution in [0, 0.1) is 6.92 Å². The maximum absolute atomic E-state index is 5.70. The molecule has 0 spiro atoms. The molecule has 0 atom stereocenters. The molecule has 20 heavy (non-hydrogen) atoms. The fourth-order valence-corrected chi connectivity index (χ4v) is 2.67. The maximum atomic E-state index is 5.70. The van der Waals surface area contributed by atoms with E-state index in [9.17, 15) is 0 Å². The Morgan fingerprint density at radius 2 is 1.70 bits per heavy atom. The van der Waals surface area contributed by atoms with Crippen LogP contribution in [0.4, 0.5) is 0 Å². The van der Waals surface area contributed by atoms with Crippen molar-refractivity contribution in [2.24, 2.45) is 0 Å². The van der Waals surface area contributed by atoms with Crippen LogP contribution in [-0.2, 0) is 6.61 Å². The molecule has 1 aliphatic rings. The van der Waals surface area contributed by atoms with Gasteiger partial charge in [-0.25, -0.2) is 0 Å². The van der Waals surface area contributed by atoms with E-state index in [4.69, 9.17) is 9.26 Å². The van der Waals surface area contributed by atoms with Crippen LogP contribution in [-0.4, -0.2) is 5.16 Å². The Labute approximate surface area is 116 Å². The van der Waals surface area contributed by atoms with Gasteiger partial charge in [-0.2, -0.15) is 0 Å². The molecule has 0 N–H and O–H groups in total. The minimum atomic E-state index is 0.436. The second-order valence-corrected chi connectivity index (χ2v) is 4.93. The first-order valence-corrected chi connectivity index (χ1v) is 6.61. The molecule has 3 heteroatoms. The molecule has 0 bridgehead atoms. The predicted octanol–water partition coefficient (Wildman–Crippen LogP) is 4.21. The monoisotopic (exact) mass is 263 g/mol. The highest BCUT2D eigenvalue weighted by Crippen LogP contribution is 2.43. The van der Waals surface area contributed by atoms with Gasteiger partial charge in [0.1, 0.15) is 18.1 Å². The van der Waals surface area contributed by atoms with Crippen molar-refractivity contribution in [1.29, 1.82) is 0 Å². The van der Waals surface area contributed by atoms with Crippen molar-refractivity contribution in [3.8, 4) is 28.1 Å². The smallest absolute Gasteiger partial charge is 0.182 e. The van der Waals surface area contributed by atoms with Gasteiger partial charge in [0.15, 0.2) is 5.76 Å². The van der Waals surface area contributed by atoms with Crippen molar-refractivity contribution in [1.82, 2.24) is 5.16 Å². The van der Waals surface area contributed by atoms with Gasteiger partial charge >= 0.3 is 0 Å². The van der Waals surface area contributed by atoms with E-state index in [1.165, 1.54) is 5.56 Å². The number of benzene rings is 2. The Kier molecular flexibility index (Phi) is 2.39. The van der Waals surface area contributed by atoms with Crippen molar-refractivity contribution in [2.45, 2.75) is 13.5 Å². The SMILES string of the molecule is Cc1ccccc1-c1noc2c1-c1ccccc1OC2. The zero-order chi connectivity index (χ0) is 13.5. The number of hydrogen-bond acceptors (Lipinski definition) is 3. The average Bonchev–Trinajstić information content (AvgIpc) is 2.92. The second kappa shape index (κ2) is 4.23. The van der Waals surface area contributed by atoms with Gasteiger partial charge in [0.2, 0.25) is 0 Å². The quantitative estimate of drug-likeness (QED) is 0.659. The third-order valence-corrected chi connectivity index (χ3v) is 3.68. The molecular weight excluding hydrogens is 250 g/mol. The summed E-state index contributed by atoms with van der Waals surface area (Å²) in [6.45, 7) is 2.52. The van der Waals surface area contributed by atoms with E-state index >= 15 is 0 Å². The van der Waals surface area contributed by atoms with Gasteiger partial charge in [0.25, 0.3) is 0 Å². The number of aryl methyl sites for hydroxylation is 1. The molecular formula is C17H13NO2. The van der Waals surface area contributed by atoms with Crippen LogP contribution in [0.25, 0.3) is 22.4 Å². The summed E-state index contributed by atoms with van der Waals surface area (Å²) in [7, 11) is 0. The summed E-state index contributed by atoms with van der Waals surface area (Å²) in [6.07, 6.45) is 0. The minimum absolute atomic E-state index is 0.436. The fourth-order valence-electron chi connectivity index (χ4n) is 2.67. The van der Waals surface area contributed by atoms with Crippen LogP contribution in [0.1, 0.15) is 11.3 Å². The van der Waals surface area contributed by atoms with Crippen LogP contribution in [0.3, 0.4) is 0 Å².